The molecule has 3 rings (SSSR count). The molecule has 9 heteroatoms. The average Bonchev–Trinajstić information content (AvgIpc) is 2.70. The largest absolute Gasteiger partial charge is 0.296 e. The van der Waals surface area contributed by atoms with Crippen LogP contribution in [0.25, 0.3) is 0 Å². The topological polar surface area (TPSA) is 86.8 Å². The molecule has 1 aromatic carbocycles. The van der Waals surface area contributed by atoms with Gasteiger partial charge in [0.2, 0.25) is 20.0 Å². The molecule has 1 fully saturated rings. The van der Waals surface area contributed by atoms with Gasteiger partial charge in [-0.3, -0.25) is 4.90 Å². The second-order valence-electron chi connectivity index (χ2n) is 7.49. The van der Waals surface area contributed by atoms with Crippen molar-refractivity contribution in [3.63, 3.8) is 0 Å². The van der Waals surface area contributed by atoms with Crippen molar-refractivity contribution >= 4 is 20.0 Å². The Morgan fingerprint density at radius 3 is 2.57 bits per heavy atom. The Morgan fingerprint density at radius 1 is 1.11 bits per heavy atom. The first-order chi connectivity index (χ1) is 13.3. The lowest BCUT2D eigenvalue weighted by atomic mass is 9.85. The van der Waals surface area contributed by atoms with Crippen LogP contribution in [0.4, 0.5) is 0 Å². The van der Waals surface area contributed by atoms with Crippen molar-refractivity contribution in [2.75, 3.05) is 37.7 Å². The van der Waals surface area contributed by atoms with Gasteiger partial charge in [0.15, 0.2) is 0 Å². The van der Waals surface area contributed by atoms with Gasteiger partial charge < -0.3 is 0 Å². The third-order valence-corrected chi connectivity index (χ3v) is 9.26. The van der Waals surface area contributed by atoms with Crippen LogP contribution >= 0.6 is 0 Å². The maximum atomic E-state index is 12.8. The summed E-state index contributed by atoms with van der Waals surface area (Å²) in [6.07, 6.45) is 2.56. The Morgan fingerprint density at radius 2 is 1.86 bits per heavy atom. The van der Waals surface area contributed by atoms with Gasteiger partial charge in [-0.25, -0.2) is 21.6 Å². The maximum Gasteiger partial charge on any atom is 0.214 e. The molecule has 2 atom stereocenters. The Bertz CT molecular complexity index is 886. The van der Waals surface area contributed by atoms with Gasteiger partial charge in [-0.2, -0.15) is 4.31 Å². The van der Waals surface area contributed by atoms with Gasteiger partial charge in [-0.1, -0.05) is 24.3 Å². The number of nitrogens with one attached hydrogen (secondary N) is 1. The molecule has 0 saturated carbocycles. The summed E-state index contributed by atoms with van der Waals surface area (Å²) >= 11 is 0. The summed E-state index contributed by atoms with van der Waals surface area (Å²) in [4.78, 5) is 2.45. The van der Waals surface area contributed by atoms with Crippen molar-refractivity contribution < 1.29 is 16.8 Å². The van der Waals surface area contributed by atoms with Gasteiger partial charge >= 0.3 is 0 Å². The molecule has 28 heavy (non-hydrogen) atoms. The highest BCUT2D eigenvalue weighted by Crippen LogP contribution is 2.38. The highest BCUT2D eigenvalue weighted by atomic mass is 32.2. The first kappa shape index (κ1) is 21.7. The van der Waals surface area contributed by atoms with Gasteiger partial charge in [0.25, 0.3) is 0 Å². The molecule has 1 saturated heterocycles. The summed E-state index contributed by atoms with van der Waals surface area (Å²) in [6, 6.07) is 8.54. The number of benzene rings is 1. The molecule has 0 aliphatic carbocycles. The smallest absolute Gasteiger partial charge is 0.214 e. The molecule has 158 valence electrons. The van der Waals surface area contributed by atoms with Crippen LogP contribution in [-0.2, 0) is 26.5 Å². The minimum Gasteiger partial charge on any atom is -0.296 e. The predicted octanol–water partition coefficient (Wildman–Crippen LogP) is 1.34. The van der Waals surface area contributed by atoms with Crippen LogP contribution in [0.3, 0.4) is 0 Å². The van der Waals surface area contributed by atoms with Crippen LogP contribution in [0.2, 0.25) is 0 Å². The molecule has 7 nitrogen and oxygen atoms in total. The van der Waals surface area contributed by atoms with Gasteiger partial charge in [0, 0.05) is 38.3 Å². The molecule has 0 spiro atoms. The first-order valence-electron chi connectivity index (χ1n) is 10.1. The summed E-state index contributed by atoms with van der Waals surface area (Å²) in [6.45, 7) is 5.36. The molecule has 0 radical (unpaired) electrons. The van der Waals surface area contributed by atoms with E-state index in [4.69, 9.17) is 0 Å². The van der Waals surface area contributed by atoms with Gasteiger partial charge in [-0.15, -0.1) is 0 Å². The van der Waals surface area contributed by atoms with Gasteiger partial charge in [0.05, 0.1) is 11.5 Å². The molecule has 2 aliphatic rings. The lowest BCUT2D eigenvalue weighted by Crippen LogP contribution is -2.52. The standard InChI is InChI=1S/C19H31N3O4S2/c1-3-27(23,24)20-11-14-22(28(25,26)4-2)17-10-13-21-12-9-16-7-5-6-8-18(16)19(21)15-17/h5-8,17,19-20H,3-4,9-15H2,1-2H3/t17-,19+/m0/s1. The van der Waals surface area contributed by atoms with E-state index in [1.807, 2.05) is 6.07 Å². The summed E-state index contributed by atoms with van der Waals surface area (Å²) in [5.41, 5.74) is 2.66. The van der Waals surface area contributed by atoms with E-state index < -0.39 is 20.0 Å². The van der Waals surface area contributed by atoms with Gasteiger partial charge in [0.1, 0.15) is 0 Å². The molecule has 0 aromatic heterocycles. The van der Waals surface area contributed by atoms with E-state index in [-0.39, 0.29) is 36.7 Å². The van der Waals surface area contributed by atoms with Crippen molar-refractivity contribution in [1.29, 1.82) is 0 Å². The molecule has 2 aliphatic heterocycles. The van der Waals surface area contributed by atoms with E-state index in [1.54, 1.807) is 18.2 Å². The zero-order valence-electron chi connectivity index (χ0n) is 16.7. The van der Waals surface area contributed by atoms with Crippen LogP contribution in [-0.4, -0.2) is 69.8 Å². The normalized spacial score (nSPS) is 23.4. The van der Waals surface area contributed by atoms with Crippen LogP contribution < -0.4 is 4.72 Å². The molecular weight excluding hydrogens is 398 g/mol. The van der Waals surface area contributed by atoms with Crippen LogP contribution in [0.5, 0.6) is 0 Å². The zero-order valence-corrected chi connectivity index (χ0v) is 18.3. The minimum absolute atomic E-state index is 0.00915. The number of hydrogen-bond donors (Lipinski definition) is 1. The van der Waals surface area contributed by atoms with Crippen molar-refractivity contribution in [2.24, 2.45) is 0 Å². The minimum atomic E-state index is -3.42. The number of rotatable bonds is 8. The lowest BCUT2D eigenvalue weighted by molar-refractivity contribution is 0.0911. The number of piperidine rings is 1. The third-order valence-electron chi connectivity index (χ3n) is 5.93. The van der Waals surface area contributed by atoms with Crippen molar-refractivity contribution in [3.05, 3.63) is 35.4 Å². The van der Waals surface area contributed by atoms with Crippen molar-refractivity contribution in [3.8, 4) is 0 Å². The van der Waals surface area contributed by atoms with E-state index in [2.05, 4.69) is 27.8 Å². The second-order valence-corrected chi connectivity index (χ2v) is 11.8. The summed E-state index contributed by atoms with van der Waals surface area (Å²) in [5.74, 6) is 0.0137. The molecule has 1 N–H and O–H groups in total. The molecular formula is C19H31N3O4S2. The molecule has 2 heterocycles. The van der Waals surface area contributed by atoms with E-state index >= 15 is 0 Å². The fourth-order valence-electron chi connectivity index (χ4n) is 4.33. The predicted molar refractivity (Wildman–Crippen MR) is 111 cm³/mol. The number of hydrogen-bond acceptors (Lipinski definition) is 5. The fourth-order valence-corrected chi connectivity index (χ4v) is 6.28. The molecule has 1 aromatic rings. The monoisotopic (exact) mass is 429 g/mol. The Hall–Kier alpha value is -1.00. The Labute approximate surface area is 169 Å². The number of sulfonamides is 2. The van der Waals surface area contributed by atoms with Crippen molar-refractivity contribution in [2.45, 2.75) is 45.2 Å². The first-order valence-corrected chi connectivity index (χ1v) is 13.3. The van der Waals surface area contributed by atoms with Crippen molar-refractivity contribution in [1.82, 2.24) is 13.9 Å². The number of nitrogens with zero attached hydrogens (tertiary/aromatic N) is 2. The third kappa shape index (κ3) is 4.76. The average molecular weight is 430 g/mol. The summed E-state index contributed by atoms with van der Waals surface area (Å²) in [5, 5.41) is 0. The van der Waals surface area contributed by atoms with Crippen LogP contribution in [0.1, 0.15) is 43.9 Å². The summed E-state index contributed by atoms with van der Waals surface area (Å²) < 4.78 is 53.0. The maximum absolute atomic E-state index is 12.8. The van der Waals surface area contributed by atoms with Crippen LogP contribution in [0.15, 0.2) is 24.3 Å². The molecule has 0 unspecified atom stereocenters. The van der Waals surface area contributed by atoms with E-state index in [0.29, 0.717) is 0 Å². The molecule has 0 bridgehead atoms. The number of fused-ring (bicyclic) bond motifs is 3. The van der Waals surface area contributed by atoms with E-state index in [9.17, 15) is 16.8 Å². The quantitative estimate of drug-likeness (QED) is 0.674. The highest BCUT2D eigenvalue weighted by molar-refractivity contribution is 7.89. The van der Waals surface area contributed by atoms with E-state index in [1.165, 1.54) is 11.1 Å². The SMILES string of the molecule is CCS(=O)(=O)NCCN([C@H]1CCN2CCc3ccccc3[C@H]2C1)S(=O)(=O)CC. The fraction of sp³-hybridized carbons (Fsp3) is 0.684. The zero-order chi connectivity index (χ0) is 20.4. The van der Waals surface area contributed by atoms with Gasteiger partial charge in [-0.05, 0) is 44.2 Å². The highest BCUT2D eigenvalue weighted by Gasteiger charge is 2.38. The second kappa shape index (κ2) is 8.79. The van der Waals surface area contributed by atoms with Crippen LogP contribution in [0, 0.1) is 0 Å². The summed E-state index contributed by atoms with van der Waals surface area (Å²) in [7, 11) is -6.76. The Kier molecular flexibility index (Phi) is 6.81. The lowest BCUT2D eigenvalue weighted by Gasteiger charge is -2.46. The van der Waals surface area contributed by atoms with E-state index in [0.717, 1.165) is 32.4 Å². The Balaban J connectivity index is 1.78. The molecule has 0 amide bonds.